The van der Waals surface area contributed by atoms with Crippen molar-refractivity contribution >= 4 is 45.1 Å². The molecule has 0 saturated heterocycles. The first-order valence-electron chi connectivity index (χ1n) is 17.5. The number of aryl methyl sites for hydroxylation is 1. The first-order valence-corrected chi connectivity index (χ1v) is 17.5. The molecule has 4 heterocycles. The summed E-state index contributed by atoms with van der Waals surface area (Å²) in [7, 11) is 0. The Morgan fingerprint density at radius 3 is 1.72 bits per heavy atom. The average Bonchev–Trinajstić information content (AvgIpc) is 3.86. The summed E-state index contributed by atoms with van der Waals surface area (Å²) in [6.45, 7) is 1.65. The summed E-state index contributed by atoms with van der Waals surface area (Å²) in [6, 6.07) is 25.6. The molecule has 8 aromatic rings. The lowest BCUT2D eigenvalue weighted by molar-refractivity contribution is -0.137. The Hall–Kier alpha value is -6.91. The van der Waals surface area contributed by atoms with Crippen LogP contribution < -0.4 is 10.6 Å². The summed E-state index contributed by atoms with van der Waals surface area (Å²) >= 11 is 0. The Kier molecular flexibility index (Phi) is 9.51. The van der Waals surface area contributed by atoms with Crippen LogP contribution in [0.2, 0.25) is 0 Å². The minimum absolute atomic E-state index is 0.0302. The molecular weight excluding hydrogens is 753 g/mol. The zero-order chi connectivity index (χ0) is 39.9. The number of fused-ring (bicyclic) bond motifs is 2. The number of anilines is 4. The topological polar surface area (TPSA) is 133 Å². The zero-order valence-electron chi connectivity index (χ0n) is 29.6. The molecule has 0 unspecified atom stereocenters. The van der Waals surface area contributed by atoms with Crippen molar-refractivity contribution in [1.82, 2.24) is 40.3 Å². The molecule has 1 aliphatic rings. The second-order valence-corrected chi connectivity index (χ2v) is 13.2. The van der Waals surface area contributed by atoms with Gasteiger partial charge in [0.15, 0.2) is 23.3 Å². The summed E-state index contributed by atoms with van der Waals surface area (Å²) in [6.07, 6.45) is -7.07. The maximum atomic E-state index is 13.5. The van der Waals surface area contributed by atoms with E-state index in [0.29, 0.717) is 34.1 Å². The van der Waals surface area contributed by atoms with Crippen LogP contribution in [0, 0.1) is 12.7 Å². The zero-order valence-corrected chi connectivity index (χ0v) is 29.6. The fraction of sp³-hybridized carbons (Fsp3) is 0.150. The number of aromatic amines is 2. The van der Waals surface area contributed by atoms with E-state index in [-0.39, 0.29) is 34.5 Å². The second kappa shape index (κ2) is 14.6. The van der Waals surface area contributed by atoms with Gasteiger partial charge >= 0.3 is 12.4 Å². The molecule has 4 N–H and O–H groups in total. The number of alkyl halides is 6. The van der Waals surface area contributed by atoms with E-state index in [1.807, 2.05) is 24.3 Å². The highest BCUT2D eigenvalue weighted by Gasteiger charge is 2.36. The van der Waals surface area contributed by atoms with Crippen LogP contribution in [0.1, 0.15) is 41.3 Å². The number of rotatable bonds is 7. The monoisotopic (exact) mass is 782 g/mol. The third-order valence-electron chi connectivity index (χ3n) is 9.03. The first-order chi connectivity index (χ1) is 27.3. The smallest absolute Gasteiger partial charge is 0.323 e. The molecule has 57 heavy (non-hydrogen) atoms. The SMILES string of the molecule is Cc1cc(Nc2n[nH]c3ccc(F)cc23)nc(-c2ccccc2C(F)(F)F)n1.FC(F)(F)c1ccccc1-c1nc(Nc2n[nH]c3ccccc23)cc(C2CC2)n1. The van der Waals surface area contributed by atoms with E-state index < -0.39 is 29.3 Å². The molecule has 0 bridgehead atoms. The lowest BCUT2D eigenvalue weighted by atomic mass is 10.1. The molecule has 0 amide bonds. The summed E-state index contributed by atoms with van der Waals surface area (Å²) in [5.74, 6) is 1.36. The van der Waals surface area contributed by atoms with Crippen molar-refractivity contribution in [3.05, 3.63) is 131 Å². The van der Waals surface area contributed by atoms with Crippen LogP contribution in [0.15, 0.2) is 103 Å². The largest absolute Gasteiger partial charge is 0.417 e. The minimum Gasteiger partial charge on any atom is -0.323 e. The van der Waals surface area contributed by atoms with Gasteiger partial charge in [0.1, 0.15) is 17.5 Å². The average molecular weight is 783 g/mol. The lowest BCUT2D eigenvalue weighted by Gasteiger charge is -2.14. The predicted octanol–water partition coefficient (Wildman–Crippen LogP) is 10.9. The molecule has 4 aromatic carbocycles. The Morgan fingerprint density at radius 1 is 0.579 bits per heavy atom. The van der Waals surface area contributed by atoms with E-state index in [1.54, 1.807) is 31.2 Å². The molecule has 9 rings (SSSR count). The van der Waals surface area contributed by atoms with Crippen LogP contribution in [0.4, 0.5) is 54.0 Å². The van der Waals surface area contributed by atoms with Gasteiger partial charge in [0, 0.05) is 51.3 Å². The van der Waals surface area contributed by atoms with E-state index in [2.05, 4.69) is 51.0 Å². The number of nitrogens with zero attached hydrogens (tertiary/aromatic N) is 6. The summed E-state index contributed by atoms with van der Waals surface area (Å²) in [5, 5.41) is 21.5. The van der Waals surface area contributed by atoms with E-state index in [1.165, 1.54) is 42.5 Å². The number of aromatic nitrogens is 8. The molecule has 10 nitrogen and oxygen atoms in total. The minimum atomic E-state index is -4.53. The predicted molar refractivity (Wildman–Crippen MR) is 200 cm³/mol. The Labute approximate surface area is 318 Å². The van der Waals surface area contributed by atoms with Crippen molar-refractivity contribution in [3.63, 3.8) is 0 Å². The van der Waals surface area contributed by atoms with Crippen LogP contribution in [0.3, 0.4) is 0 Å². The number of nitrogens with one attached hydrogen (secondary N) is 4. The molecule has 1 fully saturated rings. The van der Waals surface area contributed by atoms with Crippen LogP contribution in [0.25, 0.3) is 44.6 Å². The third-order valence-corrected chi connectivity index (χ3v) is 9.03. The van der Waals surface area contributed by atoms with Gasteiger partial charge in [-0.2, -0.15) is 36.5 Å². The molecule has 1 saturated carbocycles. The van der Waals surface area contributed by atoms with Gasteiger partial charge in [0.25, 0.3) is 0 Å². The van der Waals surface area contributed by atoms with E-state index in [4.69, 9.17) is 0 Å². The molecule has 17 heteroatoms. The summed E-state index contributed by atoms with van der Waals surface area (Å²) in [5.41, 5.74) is 0.955. The van der Waals surface area contributed by atoms with Crippen LogP contribution in [-0.2, 0) is 12.4 Å². The number of H-pyrrole nitrogens is 2. The number of hydrogen-bond acceptors (Lipinski definition) is 8. The normalized spacial score (nSPS) is 13.1. The van der Waals surface area contributed by atoms with Crippen molar-refractivity contribution in [1.29, 1.82) is 0 Å². The Morgan fingerprint density at radius 2 is 1.11 bits per heavy atom. The van der Waals surface area contributed by atoms with Gasteiger partial charge in [-0.15, -0.1) is 0 Å². The Balaban J connectivity index is 0.000000160. The number of hydrogen-bond donors (Lipinski definition) is 4. The van der Waals surface area contributed by atoms with Gasteiger partial charge < -0.3 is 10.6 Å². The van der Waals surface area contributed by atoms with Crippen molar-refractivity contribution < 1.29 is 30.7 Å². The van der Waals surface area contributed by atoms with Gasteiger partial charge in [0.2, 0.25) is 0 Å². The molecule has 1 aliphatic carbocycles. The van der Waals surface area contributed by atoms with E-state index >= 15 is 0 Å². The van der Waals surface area contributed by atoms with Gasteiger partial charge in [-0.25, -0.2) is 24.3 Å². The van der Waals surface area contributed by atoms with Gasteiger partial charge in [-0.3, -0.25) is 10.2 Å². The molecule has 288 valence electrons. The standard InChI is InChI=1S/C21H16F3N5.C19H13F4N5/c22-21(23,24)15-7-3-1-5-13(15)19-25-17(12-9-10-12)11-18(26-19)27-20-14-6-2-4-8-16(14)28-29-20;1-10-8-16(26-18-13-9-11(20)6-7-15(13)27-28-18)25-17(24-10)12-4-2-3-5-14(12)19(21,22)23/h1-8,11-12H,9-10H2,(H2,25,26,27,28,29);2-9H,1H3,(H2,24,25,26,27,28). The molecule has 0 radical (unpaired) electrons. The lowest BCUT2D eigenvalue weighted by Crippen LogP contribution is -2.09. The van der Waals surface area contributed by atoms with E-state index in [9.17, 15) is 30.7 Å². The van der Waals surface area contributed by atoms with Crippen molar-refractivity contribution in [2.45, 2.75) is 38.0 Å². The van der Waals surface area contributed by atoms with Crippen LogP contribution >= 0.6 is 0 Å². The van der Waals surface area contributed by atoms with Crippen LogP contribution in [-0.4, -0.2) is 40.3 Å². The molecule has 0 atom stereocenters. The summed E-state index contributed by atoms with van der Waals surface area (Å²) < 4.78 is 94.0. The fourth-order valence-electron chi connectivity index (χ4n) is 6.23. The van der Waals surface area contributed by atoms with Crippen molar-refractivity contribution in [2.24, 2.45) is 0 Å². The maximum absolute atomic E-state index is 13.5. The summed E-state index contributed by atoms with van der Waals surface area (Å²) in [4.78, 5) is 17.2. The highest BCUT2D eigenvalue weighted by molar-refractivity contribution is 5.92. The first kappa shape index (κ1) is 37.0. The number of halogens is 7. The third kappa shape index (κ3) is 8.08. The van der Waals surface area contributed by atoms with Gasteiger partial charge in [-0.1, -0.05) is 48.5 Å². The highest BCUT2D eigenvalue weighted by atomic mass is 19.4. The number of para-hydroxylation sites is 1. The molecular formula is C40H29F7N10. The van der Waals surface area contributed by atoms with Gasteiger partial charge in [0.05, 0.1) is 22.2 Å². The van der Waals surface area contributed by atoms with Crippen LogP contribution in [0.5, 0.6) is 0 Å². The maximum Gasteiger partial charge on any atom is 0.417 e. The van der Waals surface area contributed by atoms with E-state index in [0.717, 1.165) is 41.6 Å². The van der Waals surface area contributed by atoms with Crippen molar-refractivity contribution in [3.8, 4) is 22.8 Å². The highest BCUT2D eigenvalue weighted by Crippen LogP contribution is 2.42. The van der Waals surface area contributed by atoms with Gasteiger partial charge in [-0.05, 0) is 62.2 Å². The fourth-order valence-corrected chi connectivity index (χ4v) is 6.23. The molecule has 0 spiro atoms. The quantitative estimate of drug-likeness (QED) is 0.117. The second-order valence-electron chi connectivity index (χ2n) is 13.2. The molecule has 0 aliphatic heterocycles. The Bertz CT molecular complexity index is 2740. The number of benzene rings is 4. The van der Waals surface area contributed by atoms with Crippen molar-refractivity contribution in [2.75, 3.05) is 10.6 Å². The molecule has 4 aromatic heterocycles.